The van der Waals surface area contributed by atoms with Crippen molar-refractivity contribution in [1.82, 2.24) is 10.3 Å². The Hall–Kier alpha value is -1.76. The number of aromatic nitrogens is 1. The molecule has 132 valence electrons. The van der Waals surface area contributed by atoms with E-state index in [0.29, 0.717) is 32.4 Å². The molecule has 0 atom stereocenters. The van der Waals surface area contributed by atoms with Crippen LogP contribution in [-0.4, -0.2) is 46.7 Å². The summed E-state index contributed by atoms with van der Waals surface area (Å²) in [6.45, 7) is 3.27. The minimum atomic E-state index is -3.72. The van der Waals surface area contributed by atoms with Crippen LogP contribution < -0.4 is 10.2 Å². The van der Waals surface area contributed by atoms with Gasteiger partial charge in [0.05, 0.1) is 0 Å². The maximum Gasteiger partial charge on any atom is 0.352 e. The molecule has 1 aromatic rings. The number of amides is 1. The predicted octanol–water partition coefficient (Wildman–Crippen LogP) is 2.03. The number of rotatable bonds is 4. The highest BCUT2D eigenvalue weighted by molar-refractivity contribution is 5.85. The van der Waals surface area contributed by atoms with E-state index in [-0.39, 0.29) is 18.9 Å². The van der Waals surface area contributed by atoms with Gasteiger partial charge in [0.15, 0.2) is 0 Å². The van der Waals surface area contributed by atoms with Crippen molar-refractivity contribution in [3.63, 3.8) is 0 Å². The Morgan fingerprint density at radius 3 is 2.54 bits per heavy atom. The lowest BCUT2D eigenvalue weighted by molar-refractivity contribution is -0.216. The van der Waals surface area contributed by atoms with E-state index >= 15 is 0 Å². The molecule has 0 radical (unpaired) electrons. The van der Waals surface area contributed by atoms with Crippen LogP contribution in [0.25, 0.3) is 0 Å². The van der Waals surface area contributed by atoms with E-state index in [1.165, 1.54) is 0 Å². The zero-order chi connectivity index (χ0) is 17.4. The molecule has 5 nitrogen and oxygen atoms in total. The van der Waals surface area contributed by atoms with E-state index < -0.39 is 17.4 Å². The van der Waals surface area contributed by atoms with Gasteiger partial charge in [-0.05, 0) is 50.7 Å². The third kappa shape index (κ3) is 3.09. The van der Waals surface area contributed by atoms with Crippen LogP contribution in [0.15, 0.2) is 18.3 Å². The van der Waals surface area contributed by atoms with Gasteiger partial charge >= 0.3 is 5.92 Å². The summed E-state index contributed by atoms with van der Waals surface area (Å²) < 4.78 is 28.2. The SMILES string of the molecule is Cc1ccc(N2CCC(NC(=O)C(F)(F)C3(O)CCC3)CC2)nc1. The molecule has 1 aromatic heterocycles. The van der Waals surface area contributed by atoms with Crippen molar-refractivity contribution < 1.29 is 18.7 Å². The normalized spacial score (nSPS) is 21.2. The van der Waals surface area contributed by atoms with Crippen LogP contribution in [0.4, 0.5) is 14.6 Å². The van der Waals surface area contributed by atoms with Crippen molar-refractivity contribution in [2.75, 3.05) is 18.0 Å². The number of piperidine rings is 1. The molecule has 2 fully saturated rings. The van der Waals surface area contributed by atoms with Crippen LogP contribution in [-0.2, 0) is 4.79 Å². The number of halogens is 2. The quantitative estimate of drug-likeness (QED) is 0.881. The molecule has 0 bridgehead atoms. The minimum absolute atomic E-state index is 0.0229. The molecule has 1 amide bonds. The lowest BCUT2D eigenvalue weighted by atomic mass is 9.75. The molecule has 1 aliphatic heterocycles. The first-order valence-electron chi connectivity index (χ1n) is 8.41. The summed E-state index contributed by atoms with van der Waals surface area (Å²) in [4.78, 5) is 18.4. The summed E-state index contributed by atoms with van der Waals surface area (Å²) in [7, 11) is 0. The molecule has 0 unspecified atom stereocenters. The van der Waals surface area contributed by atoms with Crippen molar-refractivity contribution >= 4 is 11.7 Å². The number of alkyl halides is 2. The molecule has 7 heteroatoms. The Kier molecular flexibility index (Phi) is 4.46. The molecule has 1 aliphatic carbocycles. The Bertz CT molecular complexity index is 594. The summed E-state index contributed by atoms with van der Waals surface area (Å²) in [6, 6.07) is 3.62. The number of hydrogen-bond donors (Lipinski definition) is 2. The Morgan fingerprint density at radius 1 is 1.38 bits per heavy atom. The van der Waals surface area contributed by atoms with E-state index in [2.05, 4.69) is 15.2 Å². The number of pyridine rings is 1. The van der Waals surface area contributed by atoms with Crippen molar-refractivity contribution in [3.8, 4) is 0 Å². The summed E-state index contributed by atoms with van der Waals surface area (Å²) in [5, 5.41) is 12.2. The molecule has 0 aromatic carbocycles. The molecular formula is C17H23F2N3O2. The van der Waals surface area contributed by atoms with Gasteiger partial charge in [0.1, 0.15) is 11.4 Å². The third-order valence-electron chi connectivity index (χ3n) is 5.10. The van der Waals surface area contributed by atoms with Crippen LogP contribution in [0.2, 0.25) is 0 Å². The monoisotopic (exact) mass is 339 g/mol. The maximum atomic E-state index is 14.1. The summed E-state index contributed by atoms with van der Waals surface area (Å²) >= 11 is 0. The number of carbonyl (C=O) groups is 1. The Morgan fingerprint density at radius 2 is 2.04 bits per heavy atom. The Balaban J connectivity index is 1.53. The highest BCUT2D eigenvalue weighted by atomic mass is 19.3. The fourth-order valence-corrected chi connectivity index (χ4v) is 3.21. The third-order valence-corrected chi connectivity index (χ3v) is 5.10. The van der Waals surface area contributed by atoms with E-state index in [4.69, 9.17) is 0 Å². The van der Waals surface area contributed by atoms with Gasteiger partial charge in [0.2, 0.25) is 0 Å². The lowest BCUT2D eigenvalue weighted by Gasteiger charge is -2.42. The second-order valence-corrected chi connectivity index (χ2v) is 6.89. The number of aryl methyl sites for hydroxylation is 1. The summed E-state index contributed by atoms with van der Waals surface area (Å²) in [5.41, 5.74) is -1.08. The van der Waals surface area contributed by atoms with Crippen molar-refractivity contribution in [1.29, 1.82) is 0 Å². The largest absolute Gasteiger partial charge is 0.383 e. The topological polar surface area (TPSA) is 65.5 Å². The van der Waals surface area contributed by atoms with Gasteiger partial charge < -0.3 is 15.3 Å². The molecular weight excluding hydrogens is 316 g/mol. The predicted molar refractivity (Wildman–Crippen MR) is 86.1 cm³/mol. The maximum absolute atomic E-state index is 14.1. The summed E-state index contributed by atoms with van der Waals surface area (Å²) in [6.07, 6.45) is 3.44. The van der Waals surface area contributed by atoms with E-state index in [1.54, 1.807) is 6.20 Å². The molecule has 1 saturated carbocycles. The second kappa shape index (κ2) is 6.27. The first-order chi connectivity index (χ1) is 11.3. The van der Waals surface area contributed by atoms with Gasteiger partial charge in [-0.3, -0.25) is 4.79 Å². The van der Waals surface area contributed by atoms with E-state index in [0.717, 1.165) is 11.4 Å². The summed E-state index contributed by atoms with van der Waals surface area (Å²) in [5.74, 6) is -4.21. The standard InChI is InChI=1S/C17H23F2N3O2/c1-12-3-4-14(20-11-12)22-9-5-13(6-10-22)21-15(23)17(18,19)16(24)7-2-8-16/h3-4,11,13,24H,2,5-10H2,1H3,(H,21,23). The number of nitrogens with zero attached hydrogens (tertiary/aromatic N) is 2. The molecule has 0 spiro atoms. The molecule has 2 N–H and O–H groups in total. The van der Waals surface area contributed by atoms with Crippen LogP contribution in [0.5, 0.6) is 0 Å². The first-order valence-corrected chi connectivity index (χ1v) is 8.41. The number of nitrogens with one attached hydrogen (secondary N) is 1. The van der Waals surface area contributed by atoms with Gasteiger partial charge in [-0.25, -0.2) is 4.98 Å². The number of anilines is 1. The van der Waals surface area contributed by atoms with Crippen LogP contribution in [0, 0.1) is 6.92 Å². The highest BCUT2D eigenvalue weighted by Gasteiger charge is 2.61. The highest BCUT2D eigenvalue weighted by Crippen LogP contribution is 2.44. The van der Waals surface area contributed by atoms with Gasteiger partial charge in [-0.1, -0.05) is 6.07 Å². The Labute approximate surface area is 140 Å². The number of aliphatic hydroxyl groups is 1. The fourth-order valence-electron chi connectivity index (χ4n) is 3.21. The van der Waals surface area contributed by atoms with Crippen molar-refractivity contribution in [3.05, 3.63) is 23.9 Å². The first kappa shape index (κ1) is 17.1. The van der Waals surface area contributed by atoms with Crippen molar-refractivity contribution in [2.45, 2.75) is 56.6 Å². The van der Waals surface area contributed by atoms with Gasteiger partial charge in [0, 0.05) is 25.3 Å². The number of hydrogen-bond acceptors (Lipinski definition) is 4. The average molecular weight is 339 g/mol. The lowest BCUT2D eigenvalue weighted by Crippen LogP contribution is -2.62. The zero-order valence-electron chi connectivity index (χ0n) is 13.8. The smallest absolute Gasteiger partial charge is 0.352 e. The van der Waals surface area contributed by atoms with Crippen molar-refractivity contribution in [2.24, 2.45) is 0 Å². The minimum Gasteiger partial charge on any atom is -0.383 e. The van der Waals surface area contributed by atoms with E-state index in [1.807, 2.05) is 19.1 Å². The molecule has 1 saturated heterocycles. The fraction of sp³-hybridized carbons (Fsp3) is 0.647. The van der Waals surface area contributed by atoms with Crippen LogP contribution in [0.1, 0.15) is 37.7 Å². The van der Waals surface area contributed by atoms with Crippen LogP contribution >= 0.6 is 0 Å². The average Bonchev–Trinajstić information content (AvgIpc) is 2.54. The number of carbonyl (C=O) groups excluding carboxylic acids is 1. The molecule has 24 heavy (non-hydrogen) atoms. The zero-order valence-corrected chi connectivity index (χ0v) is 13.8. The van der Waals surface area contributed by atoms with Gasteiger partial charge in [0.25, 0.3) is 5.91 Å². The molecule has 3 rings (SSSR count). The second-order valence-electron chi connectivity index (χ2n) is 6.89. The van der Waals surface area contributed by atoms with Gasteiger partial charge in [-0.15, -0.1) is 0 Å². The van der Waals surface area contributed by atoms with E-state index in [9.17, 15) is 18.7 Å². The van der Waals surface area contributed by atoms with Crippen LogP contribution in [0.3, 0.4) is 0 Å². The van der Waals surface area contributed by atoms with Gasteiger partial charge in [-0.2, -0.15) is 8.78 Å². The molecule has 2 heterocycles. The molecule has 2 aliphatic rings.